The third kappa shape index (κ3) is 5.03. The normalized spacial score (nSPS) is 19.0. The number of rotatable bonds is 8. The Morgan fingerprint density at radius 3 is 2.67 bits per heavy atom. The second-order valence-electron chi connectivity index (χ2n) is 6.99. The van der Waals surface area contributed by atoms with Gasteiger partial charge in [-0.05, 0) is 31.4 Å². The van der Waals surface area contributed by atoms with E-state index in [4.69, 9.17) is 5.11 Å². The number of carbonyl (C=O) groups is 3. The molecule has 0 radical (unpaired) electrons. The fraction of sp³-hybridized carbons (Fsp3) is 0.400. The van der Waals surface area contributed by atoms with Crippen LogP contribution in [0.4, 0.5) is 0 Å². The minimum atomic E-state index is -0.901. The lowest BCUT2D eigenvalue weighted by Gasteiger charge is -2.28. The lowest BCUT2D eigenvalue weighted by molar-refractivity contribution is -0.137. The number of aromatic nitrogens is 1. The maximum absolute atomic E-state index is 12.2. The molecule has 2 aromatic rings. The van der Waals surface area contributed by atoms with E-state index in [1.54, 1.807) is 0 Å². The Bertz CT molecular complexity index is 867. The van der Waals surface area contributed by atoms with Crippen LogP contribution in [-0.4, -0.2) is 33.4 Å². The summed E-state index contributed by atoms with van der Waals surface area (Å²) in [7, 11) is 0. The molecule has 3 N–H and O–H groups in total. The summed E-state index contributed by atoms with van der Waals surface area (Å²) in [5.41, 5.74) is 1.07. The van der Waals surface area contributed by atoms with Gasteiger partial charge in [-0.1, -0.05) is 24.3 Å². The van der Waals surface area contributed by atoms with Crippen LogP contribution in [-0.2, 0) is 20.9 Å². The molecule has 0 bridgehead atoms. The van der Waals surface area contributed by atoms with E-state index in [2.05, 4.69) is 15.6 Å². The summed E-state index contributed by atoms with van der Waals surface area (Å²) in [5, 5.41) is 15.7. The molecule has 1 aliphatic heterocycles. The lowest BCUT2D eigenvalue weighted by Crippen LogP contribution is -2.43. The molecule has 1 saturated heterocycles. The maximum Gasteiger partial charge on any atom is 0.303 e. The van der Waals surface area contributed by atoms with Crippen molar-refractivity contribution in [3.05, 3.63) is 42.1 Å². The number of fused-ring (bicyclic) bond motifs is 1. The minimum absolute atomic E-state index is 0.0249. The zero-order valence-corrected chi connectivity index (χ0v) is 15.0. The Morgan fingerprint density at radius 1 is 1.15 bits per heavy atom. The van der Waals surface area contributed by atoms with E-state index in [1.165, 1.54) is 0 Å². The summed E-state index contributed by atoms with van der Waals surface area (Å²) >= 11 is 0. The molecule has 0 aliphatic carbocycles. The summed E-state index contributed by atoms with van der Waals surface area (Å²) in [4.78, 5) is 39.2. The number of para-hydroxylation sites is 1. The van der Waals surface area contributed by atoms with E-state index in [0.29, 0.717) is 32.2 Å². The van der Waals surface area contributed by atoms with Crippen LogP contribution in [0.25, 0.3) is 10.9 Å². The van der Waals surface area contributed by atoms with Gasteiger partial charge in [0.05, 0.1) is 17.8 Å². The minimum Gasteiger partial charge on any atom is -0.481 e. The van der Waals surface area contributed by atoms with Gasteiger partial charge in [0.15, 0.2) is 0 Å². The van der Waals surface area contributed by atoms with Gasteiger partial charge < -0.3 is 15.7 Å². The zero-order chi connectivity index (χ0) is 19.3. The van der Waals surface area contributed by atoms with Crippen LogP contribution in [0.15, 0.2) is 36.4 Å². The summed E-state index contributed by atoms with van der Waals surface area (Å²) in [6, 6.07) is 11.6. The van der Waals surface area contributed by atoms with Crippen molar-refractivity contribution in [2.24, 2.45) is 0 Å². The number of carbonyl (C=O) groups excluding carboxylic acids is 2. The number of amides is 2. The standard InChI is InChI=1S/C20H23N3O4/c24-17(7-10-20(12-9-19(26)27)11-8-18(25)23-20)21-13-15-6-5-14-3-1-2-4-16(14)22-15/h1-6H,7-13H2,(H,21,24)(H,23,25)(H,26,27)/t20-/m0/s1. The molecule has 1 atom stereocenters. The first-order chi connectivity index (χ1) is 13.0. The number of carboxylic acids is 1. The second-order valence-corrected chi connectivity index (χ2v) is 6.99. The average Bonchev–Trinajstić information content (AvgIpc) is 3.04. The molecule has 0 spiro atoms. The molecule has 142 valence electrons. The Labute approximate surface area is 157 Å². The Hall–Kier alpha value is -2.96. The quantitative estimate of drug-likeness (QED) is 0.661. The van der Waals surface area contributed by atoms with Gasteiger partial charge in [-0.15, -0.1) is 0 Å². The van der Waals surface area contributed by atoms with Crippen molar-refractivity contribution in [2.75, 3.05) is 0 Å². The van der Waals surface area contributed by atoms with E-state index < -0.39 is 11.5 Å². The lowest BCUT2D eigenvalue weighted by atomic mass is 9.86. The van der Waals surface area contributed by atoms with Crippen molar-refractivity contribution in [3.63, 3.8) is 0 Å². The highest BCUT2D eigenvalue weighted by Crippen LogP contribution is 2.30. The molecule has 0 unspecified atom stereocenters. The van der Waals surface area contributed by atoms with E-state index in [9.17, 15) is 14.4 Å². The van der Waals surface area contributed by atoms with Gasteiger partial charge in [-0.2, -0.15) is 0 Å². The summed E-state index contributed by atoms with van der Waals surface area (Å²) in [6.07, 6.45) is 1.92. The fourth-order valence-corrected chi connectivity index (χ4v) is 3.46. The molecule has 2 heterocycles. The van der Waals surface area contributed by atoms with Crippen molar-refractivity contribution in [3.8, 4) is 0 Å². The van der Waals surface area contributed by atoms with Gasteiger partial charge in [0.25, 0.3) is 0 Å². The Balaban J connectivity index is 1.53. The van der Waals surface area contributed by atoms with Crippen LogP contribution < -0.4 is 10.6 Å². The number of aliphatic carboxylic acids is 1. The topological polar surface area (TPSA) is 108 Å². The van der Waals surface area contributed by atoms with Crippen molar-refractivity contribution >= 4 is 28.7 Å². The smallest absolute Gasteiger partial charge is 0.303 e. The van der Waals surface area contributed by atoms with E-state index in [-0.39, 0.29) is 24.7 Å². The number of benzene rings is 1. The van der Waals surface area contributed by atoms with Crippen LogP contribution in [0.5, 0.6) is 0 Å². The number of hydrogen-bond acceptors (Lipinski definition) is 4. The highest BCUT2D eigenvalue weighted by Gasteiger charge is 2.37. The van der Waals surface area contributed by atoms with Crippen LogP contribution in [0, 0.1) is 0 Å². The monoisotopic (exact) mass is 369 g/mol. The third-order valence-corrected chi connectivity index (χ3v) is 5.01. The first kappa shape index (κ1) is 18.8. The highest BCUT2D eigenvalue weighted by molar-refractivity contribution is 5.81. The van der Waals surface area contributed by atoms with Crippen molar-refractivity contribution in [2.45, 2.75) is 50.6 Å². The number of nitrogens with zero attached hydrogens (tertiary/aromatic N) is 1. The van der Waals surface area contributed by atoms with Crippen LogP contribution in [0.2, 0.25) is 0 Å². The number of nitrogens with one attached hydrogen (secondary N) is 2. The largest absolute Gasteiger partial charge is 0.481 e. The van der Waals surface area contributed by atoms with Crippen LogP contribution >= 0.6 is 0 Å². The third-order valence-electron chi connectivity index (χ3n) is 5.01. The molecule has 7 heteroatoms. The first-order valence-electron chi connectivity index (χ1n) is 9.10. The van der Waals surface area contributed by atoms with Gasteiger partial charge in [0, 0.05) is 30.2 Å². The van der Waals surface area contributed by atoms with Crippen LogP contribution in [0.3, 0.4) is 0 Å². The summed E-state index contributed by atoms with van der Waals surface area (Å²) < 4.78 is 0. The molecular formula is C20H23N3O4. The fourth-order valence-electron chi connectivity index (χ4n) is 3.46. The maximum atomic E-state index is 12.2. The van der Waals surface area contributed by atoms with E-state index in [1.807, 2.05) is 36.4 Å². The molecule has 2 amide bonds. The Kier molecular flexibility index (Phi) is 5.69. The molecular weight excluding hydrogens is 346 g/mol. The molecule has 1 fully saturated rings. The SMILES string of the molecule is O=C(O)CC[C@]1(CCC(=O)NCc2ccc3ccccc3n2)CCC(=O)N1. The van der Waals surface area contributed by atoms with Crippen molar-refractivity contribution in [1.29, 1.82) is 0 Å². The summed E-state index contributed by atoms with van der Waals surface area (Å²) in [6.45, 7) is 0.332. The van der Waals surface area contributed by atoms with Gasteiger partial charge in [-0.3, -0.25) is 19.4 Å². The molecule has 7 nitrogen and oxygen atoms in total. The number of hydrogen-bond donors (Lipinski definition) is 3. The van der Waals surface area contributed by atoms with Gasteiger partial charge in [0.2, 0.25) is 11.8 Å². The Morgan fingerprint density at radius 2 is 1.93 bits per heavy atom. The predicted molar refractivity (Wildman–Crippen MR) is 99.8 cm³/mol. The number of pyridine rings is 1. The second kappa shape index (κ2) is 8.16. The highest BCUT2D eigenvalue weighted by atomic mass is 16.4. The van der Waals surface area contributed by atoms with Crippen molar-refractivity contribution in [1.82, 2.24) is 15.6 Å². The number of carboxylic acid groups (broad SMARTS) is 1. The van der Waals surface area contributed by atoms with Crippen molar-refractivity contribution < 1.29 is 19.5 Å². The van der Waals surface area contributed by atoms with E-state index >= 15 is 0 Å². The molecule has 0 saturated carbocycles. The predicted octanol–water partition coefficient (Wildman–Crippen LogP) is 2.14. The molecule has 27 heavy (non-hydrogen) atoms. The average molecular weight is 369 g/mol. The van der Waals surface area contributed by atoms with Crippen LogP contribution in [0.1, 0.15) is 44.2 Å². The zero-order valence-electron chi connectivity index (χ0n) is 15.0. The summed E-state index contributed by atoms with van der Waals surface area (Å²) in [5.74, 6) is -1.12. The first-order valence-corrected chi connectivity index (χ1v) is 9.10. The molecule has 1 aromatic carbocycles. The van der Waals surface area contributed by atoms with E-state index in [0.717, 1.165) is 16.6 Å². The van der Waals surface area contributed by atoms with Gasteiger partial charge in [-0.25, -0.2) is 0 Å². The van der Waals surface area contributed by atoms with Gasteiger partial charge >= 0.3 is 5.97 Å². The molecule has 1 aromatic heterocycles. The molecule has 3 rings (SSSR count). The molecule has 1 aliphatic rings. The van der Waals surface area contributed by atoms with Gasteiger partial charge in [0.1, 0.15) is 0 Å².